The summed E-state index contributed by atoms with van der Waals surface area (Å²) >= 11 is 4.97. The number of hydrogen-bond donors (Lipinski definition) is 2. The van der Waals surface area contributed by atoms with E-state index < -0.39 is 21.5 Å². The SMILES string of the molecule is CS(=O)(=O)CC(=O)NC(C(N)=S)C1CCCCC1. The van der Waals surface area contributed by atoms with Crippen LogP contribution in [-0.4, -0.2) is 37.4 Å². The summed E-state index contributed by atoms with van der Waals surface area (Å²) in [6.45, 7) is 0. The molecule has 0 spiro atoms. The largest absolute Gasteiger partial charge is 0.392 e. The second kappa shape index (κ2) is 6.47. The first-order valence-electron chi connectivity index (χ1n) is 6.06. The highest BCUT2D eigenvalue weighted by Gasteiger charge is 2.27. The first-order valence-corrected chi connectivity index (χ1v) is 8.53. The fourth-order valence-corrected chi connectivity index (χ4v) is 3.15. The standard InChI is InChI=1S/C11H20N2O3S2/c1-18(15,16)7-9(14)13-10(11(12)17)8-5-3-2-4-6-8/h8,10H,2-7H2,1H3,(H2,12,17)(H,13,14). The molecule has 1 atom stereocenters. The van der Waals surface area contributed by atoms with Gasteiger partial charge in [-0.1, -0.05) is 31.5 Å². The average Bonchev–Trinajstić information content (AvgIpc) is 2.24. The van der Waals surface area contributed by atoms with E-state index in [4.69, 9.17) is 18.0 Å². The maximum Gasteiger partial charge on any atom is 0.235 e. The summed E-state index contributed by atoms with van der Waals surface area (Å²) in [5.74, 6) is -0.806. The van der Waals surface area contributed by atoms with Gasteiger partial charge in [-0.3, -0.25) is 4.79 Å². The first kappa shape index (κ1) is 15.4. The number of carbonyl (C=O) groups is 1. The van der Waals surface area contributed by atoms with Crippen molar-refractivity contribution < 1.29 is 13.2 Å². The van der Waals surface area contributed by atoms with Crippen LogP contribution in [0, 0.1) is 5.92 Å². The van der Waals surface area contributed by atoms with Gasteiger partial charge < -0.3 is 11.1 Å². The Morgan fingerprint density at radius 2 is 1.94 bits per heavy atom. The molecule has 1 unspecified atom stereocenters. The molecule has 1 aliphatic carbocycles. The van der Waals surface area contributed by atoms with Gasteiger partial charge in [0.2, 0.25) is 5.91 Å². The molecule has 0 aromatic carbocycles. The van der Waals surface area contributed by atoms with Crippen LogP contribution in [0.15, 0.2) is 0 Å². The Kier molecular flexibility index (Phi) is 5.52. The normalized spacial score (nSPS) is 19.2. The lowest BCUT2D eigenvalue weighted by Crippen LogP contribution is -2.50. The van der Waals surface area contributed by atoms with Crippen LogP contribution in [0.2, 0.25) is 0 Å². The van der Waals surface area contributed by atoms with Crippen molar-refractivity contribution in [2.45, 2.75) is 38.1 Å². The zero-order chi connectivity index (χ0) is 13.8. The molecule has 0 heterocycles. The highest BCUT2D eigenvalue weighted by molar-refractivity contribution is 7.91. The Bertz CT molecular complexity index is 414. The van der Waals surface area contributed by atoms with Gasteiger partial charge in [0.05, 0.1) is 11.0 Å². The fraction of sp³-hybridized carbons (Fsp3) is 0.818. The van der Waals surface area contributed by atoms with E-state index in [9.17, 15) is 13.2 Å². The maximum absolute atomic E-state index is 11.6. The van der Waals surface area contributed by atoms with Gasteiger partial charge in [0.1, 0.15) is 5.75 Å². The third-order valence-electron chi connectivity index (χ3n) is 3.14. The molecule has 5 nitrogen and oxygen atoms in total. The molecule has 0 aromatic rings. The Morgan fingerprint density at radius 1 is 1.39 bits per heavy atom. The van der Waals surface area contributed by atoms with Gasteiger partial charge in [-0.05, 0) is 18.8 Å². The van der Waals surface area contributed by atoms with Crippen molar-refractivity contribution >= 4 is 33.0 Å². The monoisotopic (exact) mass is 292 g/mol. The fourth-order valence-electron chi connectivity index (χ4n) is 2.34. The van der Waals surface area contributed by atoms with Crippen molar-refractivity contribution in [3.8, 4) is 0 Å². The molecule has 0 saturated heterocycles. The number of amides is 1. The average molecular weight is 292 g/mol. The Labute approximate surface area is 113 Å². The van der Waals surface area contributed by atoms with Crippen molar-refractivity contribution in [1.82, 2.24) is 5.32 Å². The molecule has 1 saturated carbocycles. The van der Waals surface area contributed by atoms with E-state index >= 15 is 0 Å². The summed E-state index contributed by atoms with van der Waals surface area (Å²) < 4.78 is 22.1. The molecular weight excluding hydrogens is 272 g/mol. The second-order valence-corrected chi connectivity index (χ2v) is 7.53. The van der Waals surface area contributed by atoms with Gasteiger partial charge in [0.25, 0.3) is 0 Å². The van der Waals surface area contributed by atoms with Crippen LogP contribution in [0.3, 0.4) is 0 Å². The van der Waals surface area contributed by atoms with Crippen LogP contribution < -0.4 is 11.1 Å². The zero-order valence-electron chi connectivity index (χ0n) is 10.5. The minimum atomic E-state index is -3.32. The molecule has 104 valence electrons. The molecule has 3 N–H and O–H groups in total. The first-order chi connectivity index (χ1) is 8.29. The van der Waals surface area contributed by atoms with Gasteiger partial charge in [0.15, 0.2) is 9.84 Å². The molecule has 1 rings (SSSR count). The third kappa shape index (κ3) is 5.30. The summed E-state index contributed by atoms with van der Waals surface area (Å²) in [7, 11) is -3.32. The number of sulfone groups is 1. The van der Waals surface area contributed by atoms with Crippen LogP contribution in [0.5, 0.6) is 0 Å². The lowest BCUT2D eigenvalue weighted by atomic mass is 9.84. The van der Waals surface area contributed by atoms with E-state index in [1.807, 2.05) is 0 Å². The quantitative estimate of drug-likeness (QED) is 0.715. The molecule has 0 aromatic heterocycles. The zero-order valence-corrected chi connectivity index (χ0v) is 12.1. The highest BCUT2D eigenvalue weighted by Crippen LogP contribution is 2.26. The van der Waals surface area contributed by atoms with Crippen LogP contribution in [0.25, 0.3) is 0 Å². The number of hydrogen-bond acceptors (Lipinski definition) is 4. The number of rotatable bonds is 5. The highest BCUT2D eigenvalue weighted by atomic mass is 32.2. The van der Waals surface area contributed by atoms with Gasteiger partial charge >= 0.3 is 0 Å². The molecule has 1 fully saturated rings. The van der Waals surface area contributed by atoms with Crippen LogP contribution in [0.4, 0.5) is 0 Å². The number of thiocarbonyl (C=S) groups is 1. The minimum Gasteiger partial charge on any atom is -0.392 e. The van der Waals surface area contributed by atoms with E-state index in [2.05, 4.69) is 5.32 Å². The van der Waals surface area contributed by atoms with E-state index in [-0.39, 0.29) is 16.9 Å². The number of nitrogens with two attached hydrogens (primary N) is 1. The third-order valence-corrected chi connectivity index (χ3v) is 4.18. The Morgan fingerprint density at radius 3 is 2.39 bits per heavy atom. The van der Waals surface area contributed by atoms with Crippen molar-refractivity contribution in [2.75, 3.05) is 12.0 Å². The summed E-state index contributed by atoms with van der Waals surface area (Å²) in [5.41, 5.74) is 5.65. The summed E-state index contributed by atoms with van der Waals surface area (Å²) in [5, 5.41) is 2.66. The van der Waals surface area contributed by atoms with Gasteiger partial charge in [0, 0.05) is 6.26 Å². The van der Waals surface area contributed by atoms with Crippen LogP contribution in [-0.2, 0) is 14.6 Å². The molecule has 1 amide bonds. The Hall–Kier alpha value is -0.690. The van der Waals surface area contributed by atoms with Gasteiger partial charge in [-0.2, -0.15) is 0 Å². The van der Waals surface area contributed by atoms with Crippen LogP contribution >= 0.6 is 12.2 Å². The van der Waals surface area contributed by atoms with E-state index in [1.54, 1.807) is 0 Å². The lowest BCUT2D eigenvalue weighted by Gasteiger charge is -2.30. The van der Waals surface area contributed by atoms with E-state index in [1.165, 1.54) is 6.42 Å². The van der Waals surface area contributed by atoms with Crippen molar-refractivity contribution in [1.29, 1.82) is 0 Å². The van der Waals surface area contributed by atoms with E-state index in [0.717, 1.165) is 31.9 Å². The molecule has 0 radical (unpaired) electrons. The van der Waals surface area contributed by atoms with Crippen molar-refractivity contribution in [2.24, 2.45) is 11.7 Å². The van der Waals surface area contributed by atoms with Crippen molar-refractivity contribution in [3.05, 3.63) is 0 Å². The summed E-state index contributed by atoms with van der Waals surface area (Å²) in [6, 6.07) is -0.380. The van der Waals surface area contributed by atoms with E-state index in [0.29, 0.717) is 0 Å². The molecular formula is C11H20N2O3S2. The molecule has 7 heteroatoms. The molecule has 1 aliphatic rings. The minimum absolute atomic E-state index is 0.236. The molecule has 18 heavy (non-hydrogen) atoms. The predicted octanol–water partition coefficient (Wildman–Crippen LogP) is 0.382. The number of carbonyl (C=O) groups excluding carboxylic acids is 1. The molecule has 0 bridgehead atoms. The predicted molar refractivity (Wildman–Crippen MR) is 75.0 cm³/mol. The van der Waals surface area contributed by atoms with Crippen LogP contribution in [0.1, 0.15) is 32.1 Å². The summed E-state index contributed by atoms with van der Waals surface area (Å²) in [6.07, 6.45) is 6.38. The smallest absolute Gasteiger partial charge is 0.235 e. The number of nitrogens with one attached hydrogen (secondary N) is 1. The summed E-state index contributed by atoms with van der Waals surface area (Å²) in [4.78, 5) is 11.9. The van der Waals surface area contributed by atoms with Gasteiger partial charge in [-0.15, -0.1) is 0 Å². The topological polar surface area (TPSA) is 89.3 Å². The van der Waals surface area contributed by atoms with Crippen molar-refractivity contribution in [3.63, 3.8) is 0 Å². The second-order valence-electron chi connectivity index (χ2n) is 4.92. The Balaban J connectivity index is 2.62. The molecule has 0 aliphatic heterocycles. The maximum atomic E-state index is 11.6. The van der Waals surface area contributed by atoms with Gasteiger partial charge in [-0.25, -0.2) is 8.42 Å². The lowest BCUT2D eigenvalue weighted by molar-refractivity contribution is -0.119.